The van der Waals surface area contributed by atoms with Gasteiger partial charge in [-0.05, 0) is 52.9 Å². The first kappa shape index (κ1) is 25.1. The average molecular weight is 597 g/mol. The molecule has 1 saturated heterocycles. The predicted octanol–water partition coefficient (Wildman–Crippen LogP) is 5.60. The van der Waals surface area contributed by atoms with Crippen LogP contribution in [0.3, 0.4) is 0 Å². The lowest BCUT2D eigenvalue weighted by Crippen LogP contribution is -2.40. The molecule has 0 atom stereocenters. The van der Waals surface area contributed by atoms with Gasteiger partial charge in [-0.3, -0.25) is 0 Å². The lowest BCUT2D eigenvalue weighted by atomic mass is 9.98. The second-order valence-electron chi connectivity index (χ2n) is 8.51. The van der Waals surface area contributed by atoms with Crippen LogP contribution in [-0.4, -0.2) is 47.0 Å². The van der Waals surface area contributed by atoms with E-state index in [2.05, 4.69) is 26.3 Å². The number of hydrogen-bond acceptors (Lipinski definition) is 5. The van der Waals surface area contributed by atoms with E-state index in [1.165, 1.54) is 0 Å². The number of piperidine rings is 1. The minimum atomic E-state index is -4.26. The largest absolute Gasteiger partial charge is 0.370 e. The van der Waals surface area contributed by atoms with Crippen molar-refractivity contribution in [2.24, 2.45) is 5.92 Å². The van der Waals surface area contributed by atoms with Crippen molar-refractivity contribution < 1.29 is 17.2 Å². The quantitative estimate of drug-likeness (QED) is 0.313. The number of fused-ring (bicyclic) bond motifs is 1. The Labute approximate surface area is 220 Å². The summed E-state index contributed by atoms with van der Waals surface area (Å²) in [5, 5.41) is 8.38. The molecule has 0 radical (unpaired) electrons. The topological polar surface area (TPSA) is 79.6 Å². The standard InChI is InChI=1S/C24H21BrClF2N5O2S/c25-17-14-30-33-22(12-21(31-24(17)33)16-4-1-2-5-18(16)26)29-13-15-8-10-32(11-9-15)36(34,35)23-19(27)6-3-7-20(23)28/h1-7,12,14-15,29H,8-11,13H2. The maximum atomic E-state index is 14.1. The summed E-state index contributed by atoms with van der Waals surface area (Å²) in [7, 11) is -4.26. The molecule has 0 amide bonds. The van der Waals surface area contributed by atoms with E-state index < -0.39 is 26.6 Å². The van der Waals surface area contributed by atoms with Gasteiger partial charge < -0.3 is 5.32 Å². The number of nitrogens with one attached hydrogen (secondary N) is 1. The van der Waals surface area contributed by atoms with Crippen molar-refractivity contribution in [3.63, 3.8) is 0 Å². The fourth-order valence-electron chi connectivity index (χ4n) is 4.33. The highest BCUT2D eigenvalue weighted by Crippen LogP contribution is 2.31. The molecule has 3 heterocycles. The van der Waals surface area contributed by atoms with E-state index in [4.69, 9.17) is 16.6 Å². The normalized spacial score (nSPS) is 15.4. The minimum absolute atomic E-state index is 0.146. The van der Waals surface area contributed by atoms with Gasteiger partial charge in [0.15, 0.2) is 10.5 Å². The summed E-state index contributed by atoms with van der Waals surface area (Å²) in [5.41, 5.74) is 2.10. The SMILES string of the molecule is O=S(=O)(c1c(F)cccc1F)N1CCC(CNc2cc(-c3ccccc3Cl)nc3c(Br)cnn23)CC1. The van der Waals surface area contributed by atoms with Crippen molar-refractivity contribution in [3.05, 3.63) is 75.9 Å². The third kappa shape index (κ3) is 4.72. The first-order valence-corrected chi connectivity index (χ1v) is 13.8. The van der Waals surface area contributed by atoms with Gasteiger partial charge in [0.2, 0.25) is 10.0 Å². The first-order chi connectivity index (χ1) is 17.3. The lowest BCUT2D eigenvalue weighted by Gasteiger charge is -2.31. The number of sulfonamides is 1. The Morgan fingerprint density at radius 2 is 1.78 bits per heavy atom. The second kappa shape index (κ2) is 10.0. The van der Waals surface area contributed by atoms with Crippen LogP contribution in [0.5, 0.6) is 0 Å². The Hall–Kier alpha value is -2.60. The molecule has 1 aliphatic rings. The Bertz CT molecular complexity index is 1520. The molecular weight excluding hydrogens is 576 g/mol. The van der Waals surface area contributed by atoms with Gasteiger partial charge in [-0.2, -0.15) is 13.9 Å². The smallest absolute Gasteiger partial charge is 0.248 e. The average Bonchev–Trinajstić information content (AvgIpc) is 3.23. The van der Waals surface area contributed by atoms with Crippen molar-refractivity contribution in [2.75, 3.05) is 25.0 Å². The zero-order valence-corrected chi connectivity index (χ0v) is 22.0. The van der Waals surface area contributed by atoms with Crippen LogP contribution < -0.4 is 5.32 Å². The van der Waals surface area contributed by atoms with Crippen LogP contribution in [0.25, 0.3) is 16.9 Å². The highest BCUT2D eigenvalue weighted by molar-refractivity contribution is 9.10. The molecular formula is C24H21BrClF2N5O2S. The second-order valence-corrected chi connectivity index (χ2v) is 11.6. The molecule has 0 bridgehead atoms. The molecule has 5 rings (SSSR count). The van der Waals surface area contributed by atoms with Crippen LogP contribution in [0.2, 0.25) is 5.02 Å². The van der Waals surface area contributed by atoms with Gasteiger partial charge in [-0.25, -0.2) is 22.2 Å². The van der Waals surface area contributed by atoms with Crippen LogP contribution >= 0.6 is 27.5 Å². The maximum Gasteiger partial charge on any atom is 0.248 e. The zero-order valence-electron chi connectivity index (χ0n) is 18.8. The van der Waals surface area contributed by atoms with Crippen LogP contribution in [-0.2, 0) is 10.0 Å². The third-order valence-electron chi connectivity index (χ3n) is 6.24. The molecule has 36 heavy (non-hydrogen) atoms. The van der Waals surface area contributed by atoms with E-state index >= 15 is 0 Å². The van der Waals surface area contributed by atoms with E-state index in [1.807, 2.05) is 24.3 Å². The molecule has 1 N–H and O–H groups in total. The predicted molar refractivity (Wildman–Crippen MR) is 137 cm³/mol. The molecule has 0 spiro atoms. The summed E-state index contributed by atoms with van der Waals surface area (Å²) in [6.45, 7) is 0.902. The van der Waals surface area contributed by atoms with E-state index in [9.17, 15) is 17.2 Å². The molecule has 1 fully saturated rings. The van der Waals surface area contributed by atoms with E-state index in [0.29, 0.717) is 41.6 Å². The molecule has 2 aromatic heterocycles. The Morgan fingerprint density at radius 3 is 2.47 bits per heavy atom. The minimum Gasteiger partial charge on any atom is -0.370 e. The fourth-order valence-corrected chi connectivity index (χ4v) is 6.49. The van der Waals surface area contributed by atoms with Crippen LogP contribution in [0.15, 0.2) is 64.1 Å². The lowest BCUT2D eigenvalue weighted by molar-refractivity contribution is 0.280. The molecule has 188 valence electrons. The summed E-state index contributed by atoms with van der Waals surface area (Å²) in [6.07, 6.45) is 2.74. The summed E-state index contributed by atoms with van der Waals surface area (Å²) in [4.78, 5) is 3.80. The van der Waals surface area contributed by atoms with Gasteiger partial charge in [0.25, 0.3) is 0 Å². The number of rotatable bonds is 6. The van der Waals surface area contributed by atoms with Crippen molar-refractivity contribution in [1.29, 1.82) is 0 Å². The summed E-state index contributed by atoms with van der Waals surface area (Å²) < 4.78 is 57.5. The fraction of sp³-hybridized carbons (Fsp3) is 0.250. The van der Waals surface area contributed by atoms with Gasteiger partial charge in [0.1, 0.15) is 17.5 Å². The Morgan fingerprint density at radius 1 is 1.08 bits per heavy atom. The monoisotopic (exact) mass is 595 g/mol. The summed E-state index contributed by atoms with van der Waals surface area (Å²) in [6, 6.07) is 12.4. The number of nitrogens with zero attached hydrogens (tertiary/aromatic N) is 4. The summed E-state index contributed by atoms with van der Waals surface area (Å²) >= 11 is 9.88. The van der Waals surface area contributed by atoms with Crippen molar-refractivity contribution in [3.8, 4) is 11.3 Å². The molecule has 2 aromatic carbocycles. The Balaban J connectivity index is 1.32. The number of aromatic nitrogens is 3. The molecule has 4 aromatic rings. The number of benzene rings is 2. The summed E-state index contributed by atoms with van der Waals surface area (Å²) in [5.74, 6) is -1.31. The maximum absolute atomic E-state index is 14.1. The molecule has 0 unspecified atom stereocenters. The number of anilines is 1. The van der Waals surface area contributed by atoms with Gasteiger partial charge in [0.05, 0.1) is 16.4 Å². The zero-order chi connectivity index (χ0) is 25.4. The van der Waals surface area contributed by atoms with Crippen molar-refractivity contribution in [1.82, 2.24) is 18.9 Å². The first-order valence-electron chi connectivity index (χ1n) is 11.2. The number of halogens is 4. The molecule has 12 heteroatoms. The van der Waals surface area contributed by atoms with Gasteiger partial charge >= 0.3 is 0 Å². The van der Waals surface area contributed by atoms with E-state index in [0.717, 1.165) is 32.5 Å². The van der Waals surface area contributed by atoms with Gasteiger partial charge in [-0.1, -0.05) is 35.9 Å². The van der Waals surface area contributed by atoms with Crippen LogP contribution in [0.4, 0.5) is 14.6 Å². The molecule has 0 aliphatic carbocycles. The van der Waals surface area contributed by atoms with Crippen molar-refractivity contribution in [2.45, 2.75) is 17.7 Å². The number of hydrogen-bond donors (Lipinski definition) is 1. The van der Waals surface area contributed by atoms with Gasteiger partial charge in [-0.15, -0.1) is 0 Å². The third-order valence-corrected chi connectivity index (χ3v) is 9.08. The molecule has 0 saturated carbocycles. The van der Waals surface area contributed by atoms with Gasteiger partial charge in [0, 0.05) is 36.3 Å². The molecule has 1 aliphatic heterocycles. The van der Waals surface area contributed by atoms with Crippen molar-refractivity contribution >= 4 is 49.0 Å². The van der Waals surface area contributed by atoms with Crippen LogP contribution in [0.1, 0.15) is 12.8 Å². The Kier molecular flexibility index (Phi) is 6.99. The molecule has 7 nitrogen and oxygen atoms in total. The van der Waals surface area contributed by atoms with Crippen LogP contribution in [0, 0.1) is 17.6 Å². The van der Waals surface area contributed by atoms with E-state index in [-0.39, 0.29) is 19.0 Å². The van der Waals surface area contributed by atoms with E-state index in [1.54, 1.807) is 16.8 Å². The highest BCUT2D eigenvalue weighted by Gasteiger charge is 2.33. The highest BCUT2D eigenvalue weighted by atomic mass is 79.9.